The summed E-state index contributed by atoms with van der Waals surface area (Å²) < 4.78 is 0. The standard InChI is InChI=1S/C17H21ClN2/c1-3-9-20-17(14-6-5-7-15(18)11-14)16-8-10-19-12-13(16)4-2/h5-8,10-12,17,20H,3-4,9H2,1-2H3. The summed E-state index contributed by atoms with van der Waals surface area (Å²) in [6.45, 7) is 5.31. The van der Waals surface area contributed by atoms with E-state index in [2.05, 4.69) is 36.3 Å². The van der Waals surface area contributed by atoms with E-state index < -0.39 is 0 Å². The maximum Gasteiger partial charge on any atom is 0.0581 e. The number of nitrogens with one attached hydrogen (secondary N) is 1. The quantitative estimate of drug-likeness (QED) is 0.853. The normalized spacial score (nSPS) is 12.3. The molecule has 0 saturated heterocycles. The van der Waals surface area contributed by atoms with E-state index in [-0.39, 0.29) is 6.04 Å². The fourth-order valence-electron chi connectivity index (χ4n) is 2.40. The number of pyridine rings is 1. The van der Waals surface area contributed by atoms with Gasteiger partial charge in [-0.15, -0.1) is 0 Å². The third-order valence-corrected chi connectivity index (χ3v) is 3.65. The highest BCUT2D eigenvalue weighted by molar-refractivity contribution is 6.30. The molecule has 0 bridgehead atoms. The summed E-state index contributed by atoms with van der Waals surface area (Å²) in [5.41, 5.74) is 3.77. The molecule has 0 aliphatic carbocycles. The van der Waals surface area contributed by atoms with E-state index in [0.717, 1.165) is 24.4 Å². The minimum Gasteiger partial charge on any atom is -0.306 e. The fourth-order valence-corrected chi connectivity index (χ4v) is 2.60. The number of halogens is 1. The Morgan fingerprint density at radius 3 is 2.80 bits per heavy atom. The molecule has 0 spiro atoms. The predicted octanol–water partition coefficient (Wildman–Crippen LogP) is 4.39. The molecule has 0 aliphatic rings. The Bertz CT molecular complexity index is 554. The Morgan fingerprint density at radius 2 is 2.10 bits per heavy atom. The lowest BCUT2D eigenvalue weighted by Gasteiger charge is -2.22. The number of benzene rings is 1. The van der Waals surface area contributed by atoms with Gasteiger partial charge in [-0.1, -0.05) is 37.6 Å². The van der Waals surface area contributed by atoms with Gasteiger partial charge in [-0.05, 0) is 54.3 Å². The largest absolute Gasteiger partial charge is 0.306 e. The molecular formula is C17H21ClN2. The van der Waals surface area contributed by atoms with E-state index in [1.807, 2.05) is 30.6 Å². The SMILES string of the molecule is CCCNC(c1cccc(Cl)c1)c1ccncc1CC. The zero-order valence-corrected chi connectivity index (χ0v) is 12.8. The van der Waals surface area contributed by atoms with Crippen LogP contribution in [-0.4, -0.2) is 11.5 Å². The molecule has 0 fully saturated rings. The van der Waals surface area contributed by atoms with Crippen molar-refractivity contribution < 1.29 is 0 Å². The molecule has 2 rings (SSSR count). The van der Waals surface area contributed by atoms with Crippen LogP contribution in [0.3, 0.4) is 0 Å². The van der Waals surface area contributed by atoms with Gasteiger partial charge >= 0.3 is 0 Å². The van der Waals surface area contributed by atoms with Gasteiger partial charge in [-0.25, -0.2) is 0 Å². The van der Waals surface area contributed by atoms with Crippen LogP contribution in [0.1, 0.15) is 43.0 Å². The van der Waals surface area contributed by atoms with Crippen molar-refractivity contribution in [2.75, 3.05) is 6.54 Å². The van der Waals surface area contributed by atoms with E-state index >= 15 is 0 Å². The predicted molar refractivity (Wildman–Crippen MR) is 85.2 cm³/mol. The summed E-state index contributed by atoms with van der Waals surface area (Å²) in [4.78, 5) is 4.24. The van der Waals surface area contributed by atoms with E-state index in [1.165, 1.54) is 16.7 Å². The van der Waals surface area contributed by atoms with Gasteiger partial charge in [-0.3, -0.25) is 4.98 Å². The van der Waals surface area contributed by atoms with Crippen molar-refractivity contribution in [2.45, 2.75) is 32.7 Å². The van der Waals surface area contributed by atoms with Gasteiger partial charge in [0, 0.05) is 17.4 Å². The van der Waals surface area contributed by atoms with Crippen LogP contribution in [-0.2, 0) is 6.42 Å². The lowest BCUT2D eigenvalue weighted by Crippen LogP contribution is -2.24. The molecule has 0 amide bonds. The number of rotatable bonds is 6. The molecule has 106 valence electrons. The molecule has 2 nitrogen and oxygen atoms in total. The van der Waals surface area contributed by atoms with Crippen LogP contribution >= 0.6 is 11.6 Å². The topological polar surface area (TPSA) is 24.9 Å². The molecule has 2 aromatic rings. The Kier molecular flexibility index (Phi) is 5.57. The molecule has 1 aromatic carbocycles. The van der Waals surface area contributed by atoms with Gasteiger partial charge in [0.15, 0.2) is 0 Å². The first-order valence-electron chi connectivity index (χ1n) is 7.17. The molecule has 1 N–H and O–H groups in total. The molecule has 1 atom stereocenters. The average molecular weight is 289 g/mol. The zero-order valence-electron chi connectivity index (χ0n) is 12.1. The number of nitrogens with zero attached hydrogens (tertiary/aromatic N) is 1. The third-order valence-electron chi connectivity index (χ3n) is 3.41. The van der Waals surface area contributed by atoms with Gasteiger partial charge in [0.2, 0.25) is 0 Å². The molecule has 0 saturated carbocycles. The van der Waals surface area contributed by atoms with Crippen LogP contribution in [0.5, 0.6) is 0 Å². The summed E-state index contributed by atoms with van der Waals surface area (Å²) in [7, 11) is 0. The van der Waals surface area contributed by atoms with E-state index in [9.17, 15) is 0 Å². The average Bonchev–Trinajstić information content (AvgIpc) is 2.48. The van der Waals surface area contributed by atoms with Crippen LogP contribution < -0.4 is 5.32 Å². The van der Waals surface area contributed by atoms with Gasteiger partial charge in [0.1, 0.15) is 0 Å². The second-order valence-electron chi connectivity index (χ2n) is 4.87. The highest BCUT2D eigenvalue weighted by Gasteiger charge is 2.16. The first-order valence-corrected chi connectivity index (χ1v) is 7.55. The van der Waals surface area contributed by atoms with Crippen LogP contribution in [0.4, 0.5) is 0 Å². The molecule has 1 unspecified atom stereocenters. The molecule has 1 aromatic heterocycles. The fraction of sp³-hybridized carbons (Fsp3) is 0.353. The van der Waals surface area contributed by atoms with Gasteiger partial charge < -0.3 is 5.32 Å². The zero-order chi connectivity index (χ0) is 14.4. The second kappa shape index (κ2) is 7.41. The maximum absolute atomic E-state index is 6.14. The second-order valence-corrected chi connectivity index (χ2v) is 5.31. The first kappa shape index (κ1) is 15.0. The minimum absolute atomic E-state index is 0.173. The minimum atomic E-state index is 0.173. The molecule has 0 aliphatic heterocycles. The molecule has 20 heavy (non-hydrogen) atoms. The van der Waals surface area contributed by atoms with Gasteiger partial charge in [0.25, 0.3) is 0 Å². The molecule has 0 radical (unpaired) electrons. The molecular weight excluding hydrogens is 268 g/mol. The van der Waals surface area contributed by atoms with Crippen molar-refractivity contribution in [1.29, 1.82) is 0 Å². The number of hydrogen-bond acceptors (Lipinski definition) is 2. The van der Waals surface area contributed by atoms with E-state index in [4.69, 9.17) is 11.6 Å². The van der Waals surface area contributed by atoms with Crippen molar-refractivity contribution in [3.63, 3.8) is 0 Å². The Labute approximate surface area is 126 Å². The number of aryl methyl sites for hydroxylation is 1. The lowest BCUT2D eigenvalue weighted by atomic mass is 9.94. The lowest BCUT2D eigenvalue weighted by molar-refractivity contribution is 0.594. The Hall–Kier alpha value is -1.38. The van der Waals surface area contributed by atoms with Crippen molar-refractivity contribution in [1.82, 2.24) is 10.3 Å². The van der Waals surface area contributed by atoms with Crippen molar-refractivity contribution in [3.8, 4) is 0 Å². The summed E-state index contributed by atoms with van der Waals surface area (Å²) in [6, 6.07) is 10.4. The van der Waals surface area contributed by atoms with Crippen LogP contribution in [0.15, 0.2) is 42.7 Å². The Morgan fingerprint density at radius 1 is 1.25 bits per heavy atom. The van der Waals surface area contributed by atoms with Crippen molar-refractivity contribution in [2.24, 2.45) is 0 Å². The van der Waals surface area contributed by atoms with E-state index in [0.29, 0.717) is 0 Å². The van der Waals surface area contributed by atoms with Crippen molar-refractivity contribution in [3.05, 3.63) is 64.4 Å². The van der Waals surface area contributed by atoms with Crippen LogP contribution in [0.25, 0.3) is 0 Å². The highest BCUT2D eigenvalue weighted by atomic mass is 35.5. The van der Waals surface area contributed by atoms with Crippen molar-refractivity contribution >= 4 is 11.6 Å². The number of hydrogen-bond donors (Lipinski definition) is 1. The third kappa shape index (κ3) is 3.59. The summed E-state index contributed by atoms with van der Waals surface area (Å²) >= 11 is 6.14. The van der Waals surface area contributed by atoms with Gasteiger partial charge in [-0.2, -0.15) is 0 Å². The van der Waals surface area contributed by atoms with E-state index in [1.54, 1.807) is 0 Å². The highest BCUT2D eigenvalue weighted by Crippen LogP contribution is 2.26. The molecule has 3 heteroatoms. The van der Waals surface area contributed by atoms with Crippen LogP contribution in [0, 0.1) is 0 Å². The van der Waals surface area contributed by atoms with Gasteiger partial charge in [0.05, 0.1) is 6.04 Å². The summed E-state index contributed by atoms with van der Waals surface area (Å²) in [5, 5.41) is 4.39. The maximum atomic E-state index is 6.14. The summed E-state index contributed by atoms with van der Waals surface area (Å²) in [6.07, 6.45) is 5.90. The number of aromatic nitrogens is 1. The molecule has 1 heterocycles. The Balaban J connectivity index is 2.41. The monoisotopic (exact) mass is 288 g/mol. The van der Waals surface area contributed by atoms with Crippen LogP contribution in [0.2, 0.25) is 5.02 Å². The first-order chi connectivity index (χ1) is 9.76. The summed E-state index contributed by atoms with van der Waals surface area (Å²) in [5.74, 6) is 0. The smallest absolute Gasteiger partial charge is 0.0581 e.